The number of benzene rings is 5. The molecule has 5 aromatic carbocycles. The van der Waals surface area contributed by atoms with Crippen LogP contribution >= 0.6 is 0 Å². The van der Waals surface area contributed by atoms with E-state index in [9.17, 15) is 14.9 Å². The molecule has 1 N–H and O–H groups in total. The Bertz CT molecular complexity index is 1980. The Kier molecular flexibility index (Phi) is 9.67. The molecule has 1 amide bonds. The van der Waals surface area contributed by atoms with Gasteiger partial charge in [0.25, 0.3) is 11.6 Å². The SMILES string of the molecule is CCOc1cc(/C=N\NC(=O)c2ccc(-n3c(-c4ccccc4)ccc3-c3ccccc3)cc2)ccc1OCc1ccc([N+](=O)[O-])cc1. The van der Waals surface area contributed by atoms with Gasteiger partial charge in [0.15, 0.2) is 11.5 Å². The van der Waals surface area contributed by atoms with E-state index in [-0.39, 0.29) is 18.2 Å². The van der Waals surface area contributed by atoms with Crippen molar-refractivity contribution in [2.45, 2.75) is 13.5 Å². The molecule has 1 aromatic heterocycles. The van der Waals surface area contributed by atoms with Crippen LogP contribution in [0.1, 0.15) is 28.4 Å². The molecule has 0 saturated heterocycles. The van der Waals surface area contributed by atoms with Gasteiger partial charge in [-0.25, -0.2) is 5.43 Å². The number of carbonyl (C=O) groups excluding carboxylic acids is 1. The molecular weight excluding hydrogens is 604 g/mol. The first-order chi connectivity index (χ1) is 23.5. The summed E-state index contributed by atoms with van der Waals surface area (Å²) in [5.41, 5.74) is 9.78. The summed E-state index contributed by atoms with van der Waals surface area (Å²) in [7, 11) is 0. The topological polar surface area (TPSA) is 108 Å². The predicted octanol–water partition coefficient (Wildman–Crippen LogP) is 8.46. The number of nitrogens with zero attached hydrogens (tertiary/aromatic N) is 3. The summed E-state index contributed by atoms with van der Waals surface area (Å²) < 4.78 is 13.9. The number of amides is 1. The summed E-state index contributed by atoms with van der Waals surface area (Å²) in [6.45, 7) is 2.50. The molecule has 1 heterocycles. The second-order valence-corrected chi connectivity index (χ2v) is 10.8. The van der Waals surface area contributed by atoms with Gasteiger partial charge in [0.2, 0.25) is 0 Å². The van der Waals surface area contributed by atoms with Crippen LogP contribution < -0.4 is 14.9 Å². The van der Waals surface area contributed by atoms with Gasteiger partial charge in [-0.15, -0.1) is 0 Å². The smallest absolute Gasteiger partial charge is 0.271 e. The minimum atomic E-state index is -0.440. The van der Waals surface area contributed by atoms with Crippen LogP contribution in [0.4, 0.5) is 5.69 Å². The van der Waals surface area contributed by atoms with Crippen molar-refractivity contribution in [1.29, 1.82) is 0 Å². The van der Waals surface area contributed by atoms with Gasteiger partial charge in [0.05, 0.1) is 29.1 Å². The lowest BCUT2D eigenvalue weighted by molar-refractivity contribution is -0.384. The molecule has 0 aliphatic rings. The molecule has 0 aliphatic heterocycles. The lowest BCUT2D eigenvalue weighted by Gasteiger charge is -2.15. The Balaban J connectivity index is 1.14. The quantitative estimate of drug-likeness (QED) is 0.0824. The first-order valence-corrected chi connectivity index (χ1v) is 15.4. The molecule has 6 rings (SSSR count). The minimum Gasteiger partial charge on any atom is -0.490 e. The number of carbonyl (C=O) groups is 1. The Morgan fingerprint density at radius 1 is 0.771 bits per heavy atom. The maximum Gasteiger partial charge on any atom is 0.271 e. The van der Waals surface area contributed by atoms with Crippen molar-refractivity contribution in [2.24, 2.45) is 5.10 Å². The third kappa shape index (κ3) is 7.32. The summed E-state index contributed by atoms with van der Waals surface area (Å²) >= 11 is 0. The highest BCUT2D eigenvalue weighted by Crippen LogP contribution is 2.33. The highest BCUT2D eigenvalue weighted by atomic mass is 16.6. The number of hydrogen-bond acceptors (Lipinski definition) is 6. The number of non-ortho nitro benzene ring substituents is 1. The second-order valence-electron chi connectivity index (χ2n) is 10.8. The minimum absolute atomic E-state index is 0.0216. The standard InChI is InChI=1S/C39H32N4O5/c1-2-47-38-25-29(15-24-37(38)48-27-28-13-18-34(19-14-28)43(45)46)26-40-41-39(44)32-16-20-33(21-17-32)42-35(30-9-5-3-6-10-30)22-23-36(42)31-11-7-4-8-12-31/h3-26H,2,27H2,1H3,(H,41,44)/b40-26-. The number of hydrazone groups is 1. The van der Waals surface area contributed by atoms with Crippen molar-refractivity contribution >= 4 is 17.8 Å². The van der Waals surface area contributed by atoms with Crippen LogP contribution in [0.15, 0.2) is 145 Å². The van der Waals surface area contributed by atoms with E-state index in [4.69, 9.17) is 9.47 Å². The number of hydrogen-bond donors (Lipinski definition) is 1. The first kappa shape index (κ1) is 31.5. The molecule has 0 saturated carbocycles. The summed E-state index contributed by atoms with van der Waals surface area (Å²) in [5.74, 6) is 0.690. The van der Waals surface area contributed by atoms with Crippen LogP contribution in [0, 0.1) is 10.1 Å². The maximum atomic E-state index is 13.0. The second kappa shape index (κ2) is 14.7. The Morgan fingerprint density at radius 3 is 1.98 bits per heavy atom. The highest BCUT2D eigenvalue weighted by molar-refractivity contribution is 5.95. The van der Waals surface area contributed by atoms with Crippen LogP contribution in [0.25, 0.3) is 28.2 Å². The summed E-state index contributed by atoms with van der Waals surface area (Å²) in [6.07, 6.45) is 1.53. The monoisotopic (exact) mass is 636 g/mol. The van der Waals surface area contributed by atoms with Crippen molar-refractivity contribution in [3.63, 3.8) is 0 Å². The van der Waals surface area contributed by atoms with E-state index in [1.54, 1.807) is 42.5 Å². The fraction of sp³-hybridized carbons (Fsp3) is 0.0769. The third-order valence-electron chi connectivity index (χ3n) is 7.60. The van der Waals surface area contributed by atoms with Crippen LogP contribution in [0.2, 0.25) is 0 Å². The lowest BCUT2D eigenvalue weighted by Crippen LogP contribution is -2.17. The molecule has 48 heavy (non-hydrogen) atoms. The third-order valence-corrected chi connectivity index (χ3v) is 7.60. The normalized spacial score (nSPS) is 10.9. The van der Waals surface area contributed by atoms with Gasteiger partial charge in [0.1, 0.15) is 6.61 Å². The predicted molar refractivity (Wildman–Crippen MR) is 187 cm³/mol. The molecule has 0 aliphatic carbocycles. The highest BCUT2D eigenvalue weighted by Gasteiger charge is 2.15. The Labute approximate surface area is 277 Å². The molecule has 0 unspecified atom stereocenters. The summed E-state index contributed by atoms with van der Waals surface area (Å²) in [6, 6.07) is 43.6. The largest absolute Gasteiger partial charge is 0.490 e. The van der Waals surface area contributed by atoms with E-state index in [1.807, 2.05) is 55.5 Å². The van der Waals surface area contributed by atoms with Crippen molar-refractivity contribution in [1.82, 2.24) is 9.99 Å². The van der Waals surface area contributed by atoms with Gasteiger partial charge in [-0.1, -0.05) is 60.7 Å². The van der Waals surface area contributed by atoms with Crippen LogP contribution in [-0.2, 0) is 6.61 Å². The van der Waals surface area contributed by atoms with Gasteiger partial charge in [-0.2, -0.15) is 5.10 Å². The molecule has 0 fully saturated rings. The van der Waals surface area contributed by atoms with E-state index in [1.165, 1.54) is 18.3 Å². The molecule has 0 radical (unpaired) electrons. The average molecular weight is 637 g/mol. The fourth-order valence-corrected chi connectivity index (χ4v) is 5.24. The number of ether oxygens (including phenoxy) is 2. The zero-order valence-electron chi connectivity index (χ0n) is 26.2. The molecule has 9 nitrogen and oxygen atoms in total. The Hall–Kier alpha value is -6.48. The zero-order chi connectivity index (χ0) is 33.3. The van der Waals surface area contributed by atoms with E-state index >= 15 is 0 Å². The van der Waals surface area contributed by atoms with Crippen molar-refractivity contribution in [3.05, 3.63) is 166 Å². The molecule has 0 spiro atoms. The number of aromatic nitrogens is 1. The lowest BCUT2D eigenvalue weighted by atomic mass is 10.1. The van der Waals surface area contributed by atoms with E-state index in [0.717, 1.165) is 33.8 Å². The molecule has 6 aromatic rings. The van der Waals surface area contributed by atoms with Gasteiger partial charge >= 0.3 is 0 Å². The average Bonchev–Trinajstić information content (AvgIpc) is 3.58. The van der Waals surface area contributed by atoms with E-state index in [0.29, 0.717) is 29.2 Å². The van der Waals surface area contributed by atoms with Gasteiger partial charge in [-0.05, 0) is 95.9 Å². The molecule has 9 heteroatoms. The number of nitrogens with one attached hydrogen (secondary N) is 1. The number of rotatable bonds is 12. The van der Waals surface area contributed by atoms with Gasteiger partial charge in [-0.3, -0.25) is 14.9 Å². The first-order valence-electron chi connectivity index (χ1n) is 15.4. The van der Waals surface area contributed by atoms with Crippen molar-refractivity contribution in [3.8, 4) is 39.7 Å². The van der Waals surface area contributed by atoms with Gasteiger partial charge in [0, 0.05) is 23.4 Å². The molecular formula is C39H32N4O5. The van der Waals surface area contributed by atoms with Crippen molar-refractivity contribution in [2.75, 3.05) is 6.61 Å². The van der Waals surface area contributed by atoms with E-state index in [2.05, 4.69) is 51.5 Å². The molecule has 0 bridgehead atoms. The fourth-order valence-electron chi connectivity index (χ4n) is 5.24. The van der Waals surface area contributed by atoms with Crippen LogP contribution in [0.3, 0.4) is 0 Å². The summed E-state index contributed by atoms with van der Waals surface area (Å²) in [5, 5.41) is 15.1. The summed E-state index contributed by atoms with van der Waals surface area (Å²) in [4.78, 5) is 23.5. The number of nitro groups is 1. The zero-order valence-corrected chi connectivity index (χ0v) is 26.2. The van der Waals surface area contributed by atoms with Crippen LogP contribution in [0.5, 0.6) is 11.5 Å². The van der Waals surface area contributed by atoms with Crippen molar-refractivity contribution < 1.29 is 19.2 Å². The molecule has 238 valence electrons. The molecule has 0 atom stereocenters. The van der Waals surface area contributed by atoms with Gasteiger partial charge < -0.3 is 14.0 Å². The Morgan fingerprint density at radius 2 is 1.40 bits per heavy atom. The van der Waals surface area contributed by atoms with Crippen LogP contribution in [-0.4, -0.2) is 28.2 Å². The van der Waals surface area contributed by atoms with E-state index < -0.39 is 4.92 Å². The maximum absolute atomic E-state index is 13.0. The number of nitro benzene ring substituents is 1.